The summed E-state index contributed by atoms with van der Waals surface area (Å²) in [4.78, 5) is 25.0. The van der Waals surface area contributed by atoms with Crippen LogP contribution in [-0.2, 0) is 10.3 Å². The largest absolute Gasteiger partial charge is 0.346 e. The van der Waals surface area contributed by atoms with Crippen molar-refractivity contribution in [3.8, 4) is 22.5 Å². The van der Waals surface area contributed by atoms with Gasteiger partial charge in [-0.2, -0.15) is 0 Å². The summed E-state index contributed by atoms with van der Waals surface area (Å²) >= 11 is 3.47. The van der Waals surface area contributed by atoms with Crippen molar-refractivity contribution in [3.63, 3.8) is 0 Å². The van der Waals surface area contributed by atoms with Crippen molar-refractivity contribution in [2.24, 2.45) is 0 Å². The summed E-state index contributed by atoms with van der Waals surface area (Å²) in [6, 6.07) is 11.7. The number of halogens is 1. The Bertz CT molecular complexity index is 942. The minimum atomic E-state index is -0.620. The number of amides is 1. The molecule has 0 unspecified atom stereocenters. The quantitative estimate of drug-likeness (QED) is 0.694. The number of nitrogens with zero attached hydrogens (tertiary/aromatic N) is 3. The van der Waals surface area contributed by atoms with E-state index in [4.69, 9.17) is 4.98 Å². The Morgan fingerprint density at radius 3 is 2.54 bits per heavy atom. The van der Waals surface area contributed by atoms with Crippen molar-refractivity contribution in [3.05, 3.63) is 65.2 Å². The van der Waals surface area contributed by atoms with Crippen LogP contribution < -0.4 is 5.32 Å². The fourth-order valence-corrected chi connectivity index (χ4v) is 3.10. The molecule has 26 heavy (non-hydrogen) atoms. The van der Waals surface area contributed by atoms with Gasteiger partial charge in [-0.05, 0) is 65.7 Å². The maximum Gasteiger partial charge on any atom is 0.217 e. The number of hydrogen-bond donors (Lipinski definition) is 1. The van der Waals surface area contributed by atoms with Gasteiger partial charge in [0.25, 0.3) is 0 Å². The molecule has 3 heterocycles. The second-order valence-corrected chi connectivity index (χ2v) is 7.45. The Hall–Kier alpha value is -2.60. The van der Waals surface area contributed by atoms with Gasteiger partial charge in [0, 0.05) is 35.6 Å². The van der Waals surface area contributed by atoms with Crippen molar-refractivity contribution in [1.82, 2.24) is 20.3 Å². The molecule has 0 saturated carbocycles. The summed E-state index contributed by atoms with van der Waals surface area (Å²) in [6.07, 6.45) is 5.28. The summed E-state index contributed by atoms with van der Waals surface area (Å²) in [6.45, 7) is 5.37. The fourth-order valence-electron chi connectivity index (χ4n) is 2.74. The molecule has 0 atom stereocenters. The van der Waals surface area contributed by atoms with Gasteiger partial charge < -0.3 is 5.32 Å². The van der Waals surface area contributed by atoms with Gasteiger partial charge in [-0.25, -0.2) is 4.98 Å². The van der Waals surface area contributed by atoms with Crippen molar-refractivity contribution in [2.75, 3.05) is 0 Å². The lowest BCUT2D eigenvalue weighted by molar-refractivity contribution is -0.120. The Balaban J connectivity index is 2.18. The number of hydrogen-bond acceptors (Lipinski definition) is 4. The average Bonchev–Trinajstić information content (AvgIpc) is 2.61. The highest BCUT2D eigenvalue weighted by molar-refractivity contribution is 9.10. The second-order valence-electron chi connectivity index (χ2n) is 6.54. The van der Waals surface area contributed by atoms with Crippen LogP contribution in [0.25, 0.3) is 22.5 Å². The first kappa shape index (κ1) is 18.2. The van der Waals surface area contributed by atoms with Crippen molar-refractivity contribution < 1.29 is 4.79 Å². The number of pyridine rings is 3. The summed E-state index contributed by atoms with van der Waals surface area (Å²) in [5.74, 6) is -0.106. The van der Waals surface area contributed by atoms with Gasteiger partial charge in [-0.15, -0.1) is 0 Å². The Morgan fingerprint density at radius 2 is 1.88 bits per heavy atom. The lowest BCUT2D eigenvalue weighted by atomic mass is 9.95. The highest BCUT2D eigenvalue weighted by Gasteiger charge is 2.25. The molecule has 0 aliphatic rings. The monoisotopic (exact) mass is 410 g/mol. The van der Waals surface area contributed by atoms with Crippen LogP contribution in [-0.4, -0.2) is 20.9 Å². The van der Waals surface area contributed by atoms with Crippen molar-refractivity contribution in [2.45, 2.75) is 26.3 Å². The van der Waals surface area contributed by atoms with Crippen LogP contribution in [0.2, 0.25) is 0 Å². The van der Waals surface area contributed by atoms with E-state index in [2.05, 4.69) is 31.2 Å². The summed E-state index contributed by atoms with van der Waals surface area (Å²) in [5, 5.41) is 2.96. The average molecular weight is 411 g/mol. The van der Waals surface area contributed by atoms with E-state index >= 15 is 0 Å². The number of carbonyl (C=O) groups excluding carboxylic acids is 1. The first-order valence-electron chi connectivity index (χ1n) is 8.19. The molecule has 3 aromatic rings. The lowest BCUT2D eigenvalue weighted by Crippen LogP contribution is -2.40. The summed E-state index contributed by atoms with van der Waals surface area (Å²) in [7, 11) is 0. The van der Waals surface area contributed by atoms with Crippen molar-refractivity contribution in [1.29, 1.82) is 0 Å². The van der Waals surface area contributed by atoms with E-state index in [1.165, 1.54) is 6.92 Å². The topological polar surface area (TPSA) is 67.8 Å². The Labute approximate surface area is 161 Å². The molecule has 0 radical (unpaired) electrons. The number of nitrogens with one attached hydrogen (secondary N) is 1. The zero-order valence-electron chi connectivity index (χ0n) is 14.8. The van der Waals surface area contributed by atoms with Gasteiger partial charge in [0.1, 0.15) is 0 Å². The van der Waals surface area contributed by atoms with Crippen LogP contribution in [0.5, 0.6) is 0 Å². The molecule has 3 aromatic heterocycles. The van der Waals surface area contributed by atoms with Gasteiger partial charge in [0.2, 0.25) is 5.91 Å². The highest BCUT2D eigenvalue weighted by atomic mass is 79.9. The van der Waals surface area contributed by atoms with E-state index in [0.717, 1.165) is 32.7 Å². The third-order valence-electron chi connectivity index (χ3n) is 3.92. The zero-order chi connectivity index (χ0) is 18.7. The van der Waals surface area contributed by atoms with Gasteiger partial charge in [-0.3, -0.25) is 14.8 Å². The molecular weight excluding hydrogens is 392 g/mol. The Kier molecular flexibility index (Phi) is 5.13. The molecule has 6 heteroatoms. The maximum absolute atomic E-state index is 11.6. The molecule has 1 N–H and O–H groups in total. The third-order valence-corrected chi connectivity index (χ3v) is 4.35. The Morgan fingerprint density at radius 1 is 1.08 bits per heavy atom. The minimum absolute atomic E-state index is 0.106. The molecular formula is C20H19BrN4O. The smallest absolute Gasteiger partial charge is 0.217 e. The highest BCUT2D eigenvalue weighted by Crippen LogP contribution is 2.30. The molecule has 0 spiro atoms. The van der Waals surface area contributed by atoms with Gasteiger partial charge in [0.05, 0.1) is 22.6 Å². The van der Waals surface area contributed by atoms with Crippen LogP contribution in [0.15, 0.2) is 59.5 Å². The lowest BCUT2D eigenvalue weighted by Gasteiger charge is -2.26. The van der Waals surface area contributed by atoms with Gasteiger partial charge in [-0.1, -0.05) is 6.07 Å². The van der Waals surface area contributed by atoms with E-state index < -0.39 is 5.54 Å². The molecule has 1 amide bonds. The zero-order valence-corrected chi connectivity index (χ0v) is 16.4. The molecule has 0 aliphatic heterocycles. The van der Waals surface area contributed by atoms with Crippen LogP contribution in [0.3, 0.4) is 0 Å². The van der Waals surface area contributed by atoms with Crippen molar-refractivity contribution >= 4 is 21.8 Å². The molecule has 0 bridgehead atoms. The number of carbonyl (C=O) groups is 1. The van der Waals surface area contributed by atoms with Crippen LogP contribution >= 0.6 is 15.9 Å². The van der Waals surface area contributed by atoms with Crippen LogP contribution in [0.1, 0.15) is 26.5 Å². The summed E-state index contributed by atoms with van der Waals surface area (Å²) < 4.78 is 0.897. The normalized spacial score (nSPS) is 11.2. The van der Waals surface area contributed by atoms with E-state index in [1.807, 2.05) is 50.2 Å². The molecule has 0 saturated heterocycles. The van der Waals surface area contributed by atoms with Gasteiger partial charge in [0.15, 0.2) is 0 Å². The second kappa shape index (κ2) is 7.33. The molecule has 132 valence electrons. The van der Waals surface area contributed by atoms with E-state index in [-0.39, 0.29) is 5.91 Å². The van der Waals surface area contributed by atoms with E-state index in [0.29, 0.717) is 0 Å². The predicted octanol–water partition coefficient (Wildman–Crippen LogP) is 4.34. The number of aromatic nitrogens is 3. The third kappa shape index (κ3) is 4.14. The molecule has 0 aromatic carbocycles. The first-order chi connectivity index (χ1) is 12.3. The van der Waals surface area contributed by atoms with Crippen LogP contribution in [0.4, 0.5) is 0 Å². The first-order valence-corrected chi connectivity index (χ1v) is 8.98. The van der Waals surface area contributed by atoms with Crippen LogP contribution in [0, 0.1) is 0 Å². The van der Waals surface area contributed by atoms with Gasteiger partial charge >= 0.3 is 0 Å². The number of rotatable bonds is 4. The standard InChI is InChI=1S/C20H19BrN4O/c1-13(26)25-20(2,3)19-10-14(15-8-16(21)12-22-11-15)9-18(24-19)17-6-4-5-7-23-17/h4-12H,1-3H3,(H,25,26). The minimum Gasteiger partial charge on any atom is -0.346 e. The van der Waals surface area contributed by atoms with E-state index in [9.17, 15) is 4.79 Å². The maximum atomic E-state index is 11.6. The predicted molar refractivity (Wildman–Crippen MR) is 105 cm³/mol. The summed E-state index contributed by atoms with van der Waals surface area (Å²) in [5.41, 5.74) is 3.58. The molecule has 3 rings (SSSR count). The van der Waals surface area contributed by atoms with E-state index in [1.54, 1.807) is 18.6 Å². The molecule has 0 fully saturated rings. The fraction of sp³-hybridized carbons (Fsp3) is 0.200. The molecule has 5 nitrogen and oxygen atoms in total. The molecule has 0 aliphatic carbocycles. The SMILES string of the molecule is CC(=O)NC(C)(C)c1cc(-c2cncc(Br)c2)cc(-c2ccccn2)n1.